The number of benzene rings is 3. The van der Waals surface area contributed by atoms with Gasteiger partial charge in [-0.15, -0.1) is 12.4 Å². The normalized spacial score (nSPS) is 14.1. The highest BCUT2D eigenvalue weighted by Gasteiger charge is 2.18. The van der Waals surface area contributed by atoms with E-state index in [4.69, 9.17) is 9.40 Å². The molecule has 1 amide bonds. The van der Waals surface area contributed by atoms with Crippen molar-refractivity contribution in [3.05, 3.63) is 82.3 Å². The van der Waals surface area contributed by atoms with E-state index < -0.39 is 0 Å². The molecule has 0 aliphatic carbocycles. The van der Waals surface area contributed by atoms with Gasteiger partial charge in [-0.1, -0.05) is 40.2 Å². The summed E-state index contributed by atoms with van der Waals surface area (Å²) in [5.74, 6) is 0.319. The lowest BCUT2D eigenvalue weighted by atomic mass is 10.1. The molecule has 0 atom stereocenters. The monoisotopic (exact) mass is 526 g/mol. The molecule has 0 saturated carbocycles. The predicted molar refractivity (Wildman–Crippen MR) is 137 cm³/mol. The third kappa shape index (κ3) is 5.28. The Hall–Kier alpha value is -2.71. The molecule has 4 aromatic rings. The Balaban J connectivity index is 0.00000259. The number of nitrogens with one attached hydrogen (secondary N) is 2. The Morgan fingerprint density at radius 2 is 1.79 bits per heavy atom. The lowest BCUT2D eigenvalue weighted by Gasteiger charge is -2.27. The van der Waals surface area contributed by atoms with Crippen LogP contribution in [0.2, 0.25) is 0 Å². The van der Waals surface area contributed by atoms with E-state index in [1.807, 2.05) is 48.5 Å². The highest BCUT2D eigenvalue weighted by Crippen LogP contribution is 2.32. The minimum Gasteiger partial charge on any atom is -0.436 e. The summed E-state index contributed by atoms with van der Waals surface area (Å²) in [4.78, 5) is 20.0. The maximum atomic E-state index is 12.8. The molecule has 8 heteroatoms. The average Bonchev–Trinajstić information content (AvgIpc) is 3.26. The van der Waals surface area contributed by atoms with E-state index in [1.165, 1.54) is 0 Å². The van der Waals surface area contributed by atoms with Crippen LogP contribution in [0, 0.1) is 0 Å². The first kappa shape index (κ1) is 23.4. The number of nitrogens with zero attached hydrogens (tertiary/aromatic N) is 2. The number of aromatic nitrogens is 1. The number of carbonyl (C=O) groups excluding carboxylic acids is 1. The smallest absolute Gasteiger partial charge is 0.255 e. The van der Waals surface area contributed by atoms with Crippen molar-refractivity contribution in [2.45, 2.75) is 6.54 Å². The summed E-state index contributed by atoms with van der Waals surface area (Å²) in [5.41, 5.74) is 4.77. The summed E-state index contributed by atoms with van der Waals surface area (Å²) in [6.07, 6.45) is 0. The molecule has 5 rings (SSSR count). The highest BCUT2D eigenvalue weighted by molar-refractivity contribution is 9.10. The number of rotatable bonds is 5. The fourth-order valence-corrected chi connectivity index (χ4v) is 4.20. The Morgan fingerprint density at radius 3 is 2.58 bits per heavy atom. The van der Waals surface area contributed by atoms with Crippen molar-refractivity contribution in [2.24, 2.45) is 0 Å². The molecule has 0 unspecified atom stereocenters. The lowest BCUT2D eigenvalue weighted by molar-refractivity contribution is 0.102. The molecule has 1 fully saturated rings. The SMILES string of the molecule is Cl.O=C(Nc1ccccc1-c1nc2c(CN3CCNCC3)cccc2o1)c1ccc(Br)cc1. The summed E-state index contributed by atoms with van der Waals surface area (Å²) in [7, 11) is 0. The average molecular weight is 528 g/mol. The number of oxazole rings is 1. The van der Waals surface area contributed by atoms with Gasteiger partial charge in [0.2, 0.25) is 5.89 Å². The fourth-order valence-electron chi connectivity index (χ4n) is 3.93. The van der Waals surface area contributed by atoms with Crippen LogP contribution in [-0.4, -0.2) is 42.0 Å². The summed E-state index contributed by atoms with van der Waals surface area (Å²) in [5, 5.41) is 6.39. The van der Waals surface area contributed by atoms with Crippen molar-refractivity contribution < 1.29 is 9.21 Å². The number of anilines is 1. The molecule has 1 aliphatic rings. The number of carbonyl (C=O) groups is 1. The number of piperazine rings is 1. The zero-order chi connectivity index (χ0) is 21.9. The van der Waals surface area contributed by atoms with E-state index >= 15 is 0 Å². The van der Waals surface area contributed by atoms with Crippen LogP contribution in [0.1, 0.15) is 15.9 Å². The summed E-state index contributed by atoms with van der Waals surface area (Å²) in [6, 6.07) is 20.9. The van der Waals surface area contributed by atoms with Crippen LogP contribution in [0.15, 0.2) is 75.6 Å². The van der Waals surface area contributed by atoms with Crippen LogP contribution in [0.3, 0.4) is 0 Å². The van der Waals surface area contributed by atoms with E-state index in [2.05, 4.69) is 37.5 Å². The van der Waals surface area contributed by atoms with Gasteiger partial charge in [0.15, 0.2) is 5.58 Å². The van der Waals surface area contributed by atoms with E-state index in [0.717, 1.165) is 59.4 Å². The minimum absolute atomic E-state index is 0. The van der Waals surface area contributed by atoms with Crippen LogP contribution in [0.25, 0.3) is 22.6 Å². The maximum Gasteiger partial charge on any atom is 0.255 e. The second-order valence-corrected chi connectivity index (χ2v) is 8.73. The van der Waals surface area contributed by atoms with Crippen LogP contribution < -0.4 is 10.6 Å². The van der Waals surface area contributed by atoms with Crippen LogP contribution in [-0.2, 0) is 6.54 Å². The number of hydrogen-bond donors (Lipinski definition) is 2. The minimum atomic E-state index is -0.180. The molecule has 1 aliphatic heterocycles. The molecule has 1 saturated heterocycles. The summed E-state index contributed by atoms with van der Waals surface area (Å²) < 4.78 is 7.06. The molecule has 3 aromatic carbocycles. The van der Waals surface area contributed by atoms with E-state index in [1.54, 1.807) is 12.1 Å². The van der Waals surface area contributed by atoms with Gasteiger partial charge in [-0.25, -0.2) is 4.98 Å². The van der Waals surface area contributed by atoms with Crippen molar-refractivity contribution >= 4 is 51.0 Å². The van der Waals surface area contributed by atoms with Crippen molar-refractivity contribution in [1.29, 1.82) is 0 Å². The number of halogens is 2. The highest BCUT2D eigenvalue weighted by atomic mass is 79.9. The fraction of sp³-hybridized carbons (Fsp3) is 0.200. The van der Waals surface area contributed by atoms with Gasteiger partial charge in [-0.2, -0.15) is 0 Å². The van der Waals surface area contributed by atoms with Crippen LogP contribution in [0.5, 0.6) is 0 Å². The van der Waals surface area contributed by atoms with E-state index in [0.29, 0.717) is 17.1 Å². The van der Waals surface area contributed by atoms with Crippen molar-refractivity contribution in [3.63, 3.8) is 0 Å². The number of fused-ring (bicyclic) bond motifs is 1. The molecule has 170 valence electrons. The number of para-hydroxylation sites is 2. The Morgan fingerprint density at radius 1 is 1.03 bits per heavy atom. The molecule has 2 N–H and O–H groups in total. The van der Waals surface area contributed by atoms with E-state index in [-0.39, 0.29) is 18.3 Å². The number of hydrogen-bond acceptors (Lipinski definition) is 5. The maximum absolute atomic E-state index is 12.8. The molecule has 6 nitrogen and oxygen atoms in total. The first-order valence-corrected chi connectivity index (χ1v) is 11.4. The van der Waals surface area contributed by atoms with Gasteiger partial charge in [-0.05, 0) is 48.0 Å². The molecular weight excluding hydrogens is 504 g/mol. The van der Waals surface area contributed by atoms with Gasteiger partial charge in [0.25, 0.3) is 5.91 Å². The number of amides is 1. The van der Waals surface area contributed by atoms with Crippen molar-refractivity contribution in [2.75, 3.05) is 31.5 Å². The Labute approximate surface area is 206 Å². The Bertz CT molecular complexity index is 1250. The van der Waals surface area contributed by atoms with Crippen LogP contribution in [0.4, 0.5) is 5.69 Å². The zero-order valence-electron chi connectivity index (χ0n) is 17.9. The lowest BCUT2D eigenvalue weighted by Crippen LogP contribution is -2.42. The zero-order valence-corrected chi connectivity index (χ0v) is 20.3. The van der Waals surface area contributed by atoms with Gasteiger partial charge < -0.3 is 15.1 Å². The van der Waals surface area contributed by atoms with Crippen molar-refractivity contribution in [1.82, 2.24) is 15.2 Å². The van der Waals surface area contributed by atoms with Gasteiger partial charge >= 0.3 is 0 Å². The van der Waals surface area contributed by atoms with Crippen LogP contribution >= 0.6 is 28.3 Å². The first-order chi connectivity index (χ1) is 15.7. The van der Waals surface area contributed by atoms with Gasteiger partial charge in [0.05, 0.1) is 11.3 Å². The molecule has 33 heavy (non-hydrogen) atoms. The summed E-state index contributed by atoms with van der Waals surface area (Å²) in [6.45, 7) is 4.89. The second kappa shape index (κ2) is 10.5. The molecule has 0 spiro atoms. The Kier molecular flexibility index (Phi) is 7.45. The molecule has 1 aromatic heterocycles. The summed E-state index contributed by atoms with van der Waals surface area (Å²) >= 11 is 3.40. The third-order valence-electron chi connectivity index (χ3n) is 5.62. The standard InChI is InChI=1S/C25H23BrN4O2.ClH/c26-19-10-8-17(9-11-19)24(31)28-21-6-2-1-5-20(21)25-29-23-18(4-3-7-22(23)32-25)16-30-14-12-27-13-15-30;/h1-11,27H,12-16H2,(H,28,31);1H. The predicted octanol–water partition coefficient (Wildman–Crippen LogP) is 5.34. The quantitative estimate of drug-likeness (QED) is 0.367. The van der Waals surface area contributed by atoms with E-state index in [9.17, 15) is 4.79 Å². The third-order valence-corrected chi connectivity index (χ3v) is 6.15. The second-order valence-electron chi connectivity index (χ2n) is 7.82. The molecule has 0 bridgehead atoms. The largest absolute Gasteiger partial charge is 0.436 e. The molecular formula is C25H24BrClN4O2. The van der Waals surface area contributed by atoms with Gasteiger partial charge in [0, 0.05) is 42.8 Å². The molecule has 0 radical (unpaired) electrons. The van der Waals surface area contributed by atoms with Gasteiger partial charge in [-0.3, -0.25) is 9.69 Å². The first-order valence-electron chi connectivity index (χ1n) is 10.7. The topological polar surface area (TPSA) is 70.4 Å². The van der Waals surface area contributed by atoms with Crippen molar-refractivity contribution in [3.8, 4) is 11.5 Å². The molecule has 2 heterocycles. The van der Waals surface area contributed by atoms with Gasteiger partial charge in [0.1, 0.15) is 5.52 Å².